The predicted molar refractivity (Wildman–Crippen MR) is 72.0 cm³/mol. The van der Waals surface area contributed by atoms with Crippen molar-refractivity contribution in [3.63, 3.8) is 0 Å². The Kier molecular flexibility index (Phi) is 3.79. The monoisotopic (exact) mass is 279 g/mol. The Morgan fingerprint density at radius 1 is 1.30 bits per heavy atom. The number of benzene rings is 1. The molecule has 0 unspecified atom stereocenters. The number of carboxylic acid groups (broad SMARTS) is 1. The van der Waals surface area contributed by atoms with Crippen LogP contribution in [0.25, 0.3) is 0 Å². The lowest BCUT2D eigenvalue weighted by Gasteiger charge is -2.36. The molecule has 1 aromatic carbocycles. The van der Waals surface area contributed by atoms with Crippen LogP contribution in [0.5, 0.6) is 0 Å². The number of aryl methyl sites for hydroxylation is 1. The van der Waals surface area contributed by atoms with Crippen LogP contribution in [-0.4, -0.2) is 35.0 Å². The van der Waals surface area contributed by atoms with Crippen molar-refractivity contribution in [2.75, 3.05) is 13.1 Å². The number of hydrogen-bond donors (Lipinski definition) is 1. The Balaban J connectivity index is 2.13. The van der Waals surface area contributed by atoms with Crippen molar-refractivity contribution in [2.24, 2.45) is 5.41 Å². The zero-order chi connectivity index (χ0) is 14.9. The third-order valence-corrected chi connectivity index (χ3v) is 4.02. The van der Waals surface area contributed by atoms with Crippen molar-refractivity contribution in [3.8, 4) is 0 Å². The summed E-state index contributed by atoms with van der Waals surface area (Å²) in [7, 11) is 0. The first-order valence-electron chi connectivity index (χ1n) is 6.62. The molecule has 1 aliphatic heterocycles. The predicted octanol–water partition coefficient (Wildman–Crippen LogP) is 2.46. The van der Waals surface area contributed by atoms with E-state index in [0.29, 0.717) is 25.9 Å². The highest BCUT2D eigenvalue weighted by atomic mass is 19.1. The maximum absolute atomic E-state index is 13.7. The van der Waals surface area contributed by atoms with Crippen LogP contribution in [0.3, 0.4) is 0 Å². The molecule has 1 fully saturated rings. The number of piperidine rings is 1. The van der Waals surface area contributed by atoms with Gasteiger partial charge in [0, 0.05) is 13.1 Å². The van der Waals surface area contributed by atoms with E-state index in [2.05, 4.69) is 0 Å². The second kappa shape index (κ2) is 5.23. The Morgan fingerprint density at radius 3 is 2.45 bits per heavy atom. The maximum Gasteiger partial charge on any atom is 0.309 e. The summed E-state index contributed by atoms with van der Waals surface area (Å²) in [5.41, 5.74) is 0.0909. The number of halogens is 1. The van der Waals surface area contributed by atoms with Crippen LogP contribution in [0, 0.1) is 18.2 Å². The molecule has 4 nitrogen and oxygen atoms in total. The fourth-order valence-corrected chi connectivity index (χ4v) is 2.39. The van der Waals surface area contributed by atoms with Crippen molar-refractivity contribution in [1.29, 1.82) is 0 Å². The summed E-state index contributed by atoms with van der Waals surface area (Å²) in [5.74, 6) is -1.74. The minimum absolute atomic E-state index is 0.0592. The van der Waals surface area contributed by atoms with Crippen LogP contribution in [0.15, 0.2) is 18.2 Å². The number of carboxylic acids is 1. The number of amides is 1. The smallest absolute Gasteiger partial charge is 0.309 e. The fraction of sp³-hybridized carbons (Fsp3) is 0.467. The summed E-state index contributed by atoms with van der Waals surface area (Å²) >= 11 is 0. The van der Waals surface area contributed by atoms with E-state index >= 15 is 0 Å². The van der Waals surface area contributed by atoms with Gasteiger partial charge in [0.05, 0.1) is 11.0 Å². The van der Waals surface area contributed by atoms with Crippen molar-refractivity contribution < 1.29 is 19.1 Å². The molecule has 1 N–H and O–H groups in total. The van der Waals surface area contributed by atoms with Gasteiger partial charge in [-0.25, -0.2) is 4.39 Å². The third-order valence-electron chi connectivity index (χ3n) is 4.02. The lowest BCUT2D eigenvalue weighted by molar-refractivity contribution is -0.150. The highest BCUT2D eigenvalue weighted by Gasteiger charge is 2.38. The van der Waals surface area contributed by atoms with Gasteiger partial charge in [-0.05, 0) is 38.8 Å². The van der Waals surface area contributed by atoms with Crippen molar-refractivity contribution in [1.82, 2.24) is 4.90 Å². The number of nitrogens with zero attached hydrogens (tertiary/aromatic N) is 1. The molecule has 1 saturated heterocycles. The largest absolute Gasteiger partial charge is 0.481 e. The summed E-state index contributed by atoms with van der Waals surface area (Å²) in [6.07, 6.45) is 0.781. The van der Waals surface area contributed by atoms with Crippen LogP contribution in [0.4, 0.5) is 4.39 Å². The molecular weight excluding hydrogens is 261 g/mol. The minimum Gasteiger partial charge on any atom is -0.481 e. The first kappa shape index (κ1) is 14.5. The SMILES string of the molecule is Cc1ccc(F)c(C(=O)N2CCC(C)(C(=O)O)CC2)c1. The van der Waals surface area contributed by atoms with Crippen molar-refractivity contribution >= 4 is 11.9 Å². The topological polar surface area (TPSA) is 57.6 Å². The van der Waals surface area contributed by atoms with Gasteiger partial charge in [-0.3, -0.25) is 9.59 Å². The molecular formula is C15H18FNO3. The van der Waals surface area contributed by atoms with Crippen molar-refractivity contribution in [2.45, 2.75) is 26.7 Å². The summed E-state index contributed by atoms with van der Waals surface area (Å²) in [6.45, 7) is 4.17. The van der Waals surface area contributed by atoms with Gasteiger partial charge in [-0.2, -0.15) is 0 Å². The number of hydrogen-bond acceptors (Lipinski definition) is 2. The average Bonchev–Trinajstić information content (AvgIpc) is 2.41. The molecule has 1 amide bonds. The number of aliphatic carboxylic acids is 1. The molecule has 0 bridgehead atoms. The van der Waals surface area contributed by atoms with E-state index < -0.39 is 17.2 Å². The van der Waals surface area contributed by atoms with Crippen LogP contribution >= 0.6 is 0 Å². The van der Waals surface area contributed by atoms with Crippen LogP contribution in [0.1, 0.15) is 35.7 Å². The molecule has 1 aliphatic rings. The molecule has 20 heavy (non-hydrogen) atoms. The number of rotatable bonds is 2. The Bertz CT molecular complexity index is 548. The quantitative estimate of drug-likeness (QED) is 0.904. The van der Waals surface area contributed by atoms with E-state index in [1.807, 2.05) is 0 Å². The zero-order valence-electron chi connectivity index (χ0n) is 11.6. The summed E-state index contributed by atoms with van der Waals surface area (Å²) in [5, 5.41) is 9.16. The lowest BCUT2D eigenvalue weighted by atomic mass is 9.80. The molecule has 108 valence electrons. The highest BCUT2D eigenvalue weighted by molar-refractivity contribution is 5.95. The number of carbonyl (C=O) groups excluding carboxylic acids is 1. The van der Waals surface area contributed by atoms with E-state index in [9.17, 15) is 14.0 Å². The van der Waals surface area contributed by atoms with Crippen LogP contribution in [0.2, 0.25) is 0 Å². The highest BCUT2D eigenvalue weighted by Crippen LogP contribution is 2.31. The Morgan fingerprint density at radius 2 is 1.90 bits per heavy atom. The molecule has 2 rings (SSSR count). The standard InChI is InChI=1S/C15H18FNO3/c1-10-3-4-12(16)11(9-10)13(18)17-7-5-15(2,6-8-17)14(19)20/h3-4,9H,5-8H2,1-2H3,(H,19,20). The van der Waals surface area contributed by atoms with E-state index in [4.69, 9.17) is 5.11 Å². The minimum atomic E-state index is -0.841. The van der Waals surface area contributed by atoms with Gasteiger partial charge in [0.1, 0.15) is 5.82 Å². The average molecular weight is 279 g/mol. The second-order valence-corrected chi connectivity index (χ2v) is 5.64. The van der Waals surface area contributed by atoms with Gasteiger partial charge in [-0.1, -0.05) is 11.6 Å². The summed E-state index contributed by atoms with van der Waals surface area (Å²) in [6, 6.07) is 4.43. The fourth-order valence-electron chi connectivity index (χ4n) is 2.39. The van der Waals surface area contributed by atoms with Gasteiger partial charge in [0.2, 0.25) is 0 Å². The number of likely N-dealkylation sites (tertiary alicyclic amines) is 1. The zero-order valence-corrected chi connectivity index (χ0v) is 11.6. The van der Waals surface area contributed by atoms with E-state index in [1.54, 1.807) is 19.9 Å². The van der Waals surface area contributed by atoms with E-state index in [1.165, 1.54) is 17.0 Å². The molecule has 0 radical (unpaired) electrons. The Labute approximate surface area is 117 Å². The normalized spacial score (nSPS) is 17.9. The first-order chi connectivity index (χ1) is 9.33. The van der Waals surface area contributed by atoms with E-state index in [0.717, 1.165) is 5.56 Å². The molecule has 1 heterocycles. The summed E-state index contributed by atoms with van der Waals surface area (Å²) < 4.78 is 13.7. The molecule has 0 aromatic heterocycles. The van der Waals surface area contributed by atoms with Gasteiger partial charge in [0.25, 0.3) is 5.91 Å². The van der Waals surface area contributed by atoms with Gasteiger partial charge in [-0.15, -0.1) is 0 Å². The van der Waals surface area contributed by atoms with Crippen molar-refractivity contribution in [3.05, 3.63) is 35.1 Å². The Hall–Kier alpha value is -1.91. The molecule has 0 spiro atoms. The molecule has 5 heteroatoms. The molecule has 1 aromatic rings. The third kappa shape index (κ3) is 2.66. The van der Waals surface area contributed by atoms with E-state index in [-0.39, 0.29) is 11.5 Å². The second-order valence-electron chi connectivity index (χ2n) is 5.64. The molecule has 0 saturated carbocycles. The van der Waals surface area contributed by atoms with Crippen LogP contribution in [-0.2, 0) is 4.79 Å². The number of carbonyl (C=O) groups is 2. The maximum atomic E-state index is 13.7. The lowest BCUT2D eigenvalue weighted by Crippen LogP contribution is -2.45. The first-order valence-corrected chi connectivity index (χ1v) is 6.62. The van der Waals surface area contributed by atoms with Gasteiger partial charge >= 0.3 is 5.97 Å². The molecule has 0 aliphatic carbocycles. The molecule has 0 atom stereocenters. The van der Waals surface area contributed by atoms with Gasteiger partial charge in [0.15, 0.2) is 0 Å². The van der Waals surface area contributed by atoms with Crippen LogP contribution < -0.4 is 0 Å². The summed E-state index contributed by atoms with van der Waals surface area (Å²) in [4.78, 5) is 25.0. The van der Waals surface area contributed by atoms with Gasteiger partial charge < -0.3 is 10.0 Å².